The zero-order valence-electron chi connectivity index (χ0n) is 16.7. The summed E-state index contributed by atoms with van der Waals surface area (Å²) in [5.41, 5.74) is 1.87. The van der Waals surface area contributed by atoms with Gasteiger partial charge in [0, 0.05) is 39.0 Å². The van der Waals surface area contributed by atoms with E-state index >= 15 is 0 Å². The number of pyridine rings is 1. The summed E-state index contributed by atoms with van der Waals surface area (Å²) >= 11 is 0. The van der Waals surface area contributed by atoms with Crippen molar-refractivity contribution in [1.82, 2.24) is 9.88 Å². The zero-order chi connectivity index (χ0) is 20.1. The van der Waals surface area contributed by atoms with Gasteiger partial charge in [-0.15, -0.1) is 0 Å². The number of rotatable bonds is 7. The van der Waals surface area contributed by atoms with Crippen LogP contribution in [-0.4, -0.2) is 47.9 Å². The Hall–Kier alpha value is -2.89. The lowest BCUT2D eigenvalue weighted by atomic mass is 10.1. The number of carbonyl (C=O) groups excluding carboxylic acids is 2. The van der Waals surface area contributed by atoms with Gasteiger partial charge in [0.15, 0.2) is 0 Å². The topological polar surface area (TPSA) is 62.7 Å². The average molecular weight is 381 g/mol. The fourth-order valence-electron chi connectivity index (χ4n) is 3.41. The maximum Gasteiger partial charge on any atom is 0.227 e. The van der Waals surface area contributed by atoms with Crippen molar-refractivity contribution in [1.29, 1.82) is 0 Å². The quantitative estimate of drug-likeness (QED) is 0.740. The molecule has 0 radical (unpaired) electrons. The minimum atomic E-state index is -0.331. The molecule has 2 aromatic rings. The van der Waals surface area contributed by atoms with Gasteiger partial charge in [-0.1, -0.05) is 12.1 Å². The summed E-state index contributed by atoms with van der Waals surface area (Å²) < 4.78 is 5.84. The van der Waals surface area contributed by atoms with Gasteiger partial charge in [-0.05, 0) is 50.1 Å². The van der Waals surface area contributed by atoms with Crippen molar-refractivity contribution in [3.05, 3.63) is 54.4 Å². The Kier molecular flexibility index (Phi) is 6.29. The van der Waals surface area contributed by atoms with Crippen LogP contribution in [0.25, 0.3) is 0 Å². The predicted molar refractivity (Wildman–Crippen MR) is 108 cm³/mol. The lowest BCUT2D eigenvalue weighted by Crippen LogP contribution is -2.36. The van der Waals surface area contributed by atoms with Crippen LogP contribution in [0.1, 0.15) is 25.8 Å². The number of benzene rings is 1. The van der Waals surface area contributed by atoms with Gasteiger partial charge in [-0.2, -0.15) is 0 Å². The Morgan fingerprint density at radius 2 is 1.96 bits per heavy atom. The first-order valence-electron chi connectivity index (χ1n) is 9.65. The third-order valence-electron chi connectivity index (χ3n) is 4.85. The second kappa shape index (κ2) is 8.87. The number of hydrogen-bond donors (Lipinski definition) is 0. The third kappa shape index (κ3) is 4.68. The number of nitrogens with zero attached hydrogens (tertiary/aromatic N) is 3. The molecule has 0 aliphatic carbocycles. The number of aromatic nitrogens is 1. The van der Waals surface area contributed by atoms with Crippen LogP contribution in [0, 0.1) is 5.92 Å². The number of ether oxygens (including phenoxy) is 1. The molecular weight excluding hydrogens is 354 g/mol. The summed E-state index contributed by atoms with van der Waals surface area (Å²) in [4.78, 5) is 32.9. The molecule has 1 aliphatic rings. The Labute approximate surface area is 166 Å². The van der Waals surface area contributed by atoms with E-state index in [9.17, 15) is 9.59 Å². The van der Waals surface area contributed by atoms with Crippen LogP contribution >= 0.6 is 0 Å². The molecule has 6 nitrogen and oxygen atoms in total. The highest BCUT2D eigenvalue weighted by molar-refractivity contribution is 6.01. The van der Waals surface area contributed by atoms with Gasteiger partial charge in [0.25, 0.3) is 0 Å². The van der Waals surface area contributed by atoms with E-state index in [4.69, 9.17) is 4.74 Å². The summed E-state index contributed by atoms with van der Waals surface area (Å²) in [7, 11) is 1.80. The highest BCUT2D eigenvalue weighted by Crippen LogP contribution is 2.34. The SMILES string of the molecule is CC(C)Oc1ccccc1N1CC(C(=O)N(C)CCc2ccncc2)CC1=O. The monoisotopic (exact) mass is 381 g/mol. The second-order valence-corrected chi connectivity index (χ2v) is 7.40. The van der Waals surface area contributed by atoms with Crippen LogP contribution in [-0.2, 0) is 16.0 Å². The molecule has 1 aromatic heterocycles. The molecule has 148 valence electrons. The van der Waals surface area contributed by atoms with Crippen LogP contribution in [0.2, 0.25) is 0 Å². The minimum absolute atomic E-state index is 0.00663. The molecule has 6 heteroatoms. The lowest BCUT2D eigenvalue weighted by molar-refractivity contribution is -0.134. The molecular formula is C22H27N3O3. The van der Waals surface area contributed by atoms with Crippen LogP contribution < -0.4 is 9.64 Å². The fourth-order valence-corrected chi connectivity index (χ4v) is 3.41. The molecule has 2 amide bonds. The van der Waals surface area contributed by atoms with Crippen LogP contribution in [0.5, 0.6) is 5.75 Å². The first-order chi connectivity index (χ1) is 13.5. The van der Waals surface area contributed by atoms with Crippen molar-refractivity contribution in [3.63, 3.8) is 0 Å². The lowest BCUT2D eigenvalue weighted by Gasteiger charge is -2.23. The van der Waals surface area contributed by atoms with Crippen molar-refractivity contribution in [3.8, 4) is 5.75 Å². The minimum Gasteiger partial charge on any atom is -0.489 e. The normalized spacial score (nSPS) is 16.5. The highest BCUT2D eigenvalue weighted by atomic mass is 16.5. The summed E-state index contributed by atoms with van der Waals surface area (Å²) in [6.07, 6.45) is 4.51. The van der Waals surface area contributed by atoms with E-state index in [2.05, 4.69) is 4.98 Å². The third-order valence-corrected chi connectivity index (χ3v) is 4.85. The largest absolute Gasteiger partial charge is 0.489 e. The molecule has 0 saturated carbocycles. The maximum absolute atomic E-state index is 12.9. The molecule has 1 atom stereocenters. The molecule has 1 fully saturated rings. The van der Waals surface area contributed by atoms with E-state index in [1.165, 1.54) is 0 Å². The van der Waals surface area contributed by atoms with Gasteiger partial charge in [0.2, 0.25) is 11.8 Å². The standard InChI is InChI=1S/C22H27N3O3/c1-16(2)28-20-7-5-4-6-19(20)25-15-18(14-21(25)26)22(27)24(3)13-10-17-8-11-23-12-9-17/h4-9,11-12,16,18H,10,13-15H2,1-3H3. The second-order valence-electron chi connectivity index (χ2n) is 7.40. The summed E-state index contributed by atoms with van der Waals surface area (Å²) in [6.45, 7) is 4.90. The summed E-state index contributed by atoms with van der Waals surface area (Å²) in [5.74, 6) is 0.305. The fraction of sp³-hybridized carbons (Fsp3) is 0.409. The number of anilines is 1. The molecule has 1 aromatic carbocycles. The van der Waals surface area contributed by atoms with Crippen molar-refractivity contribution in [2.75, 3.05) is 25.0 Å². The maximum atomic E-state index is 12.9. The highest BCUT2D eigenvalue weighted by Gasteiger charge is 2.37. The molecule has 28 heavy (non-hydrogen) atoms. The Balaban J connectivity index is 1.64. The van der Waals surface area contributed by atoms with Gasteiger partial charge in [-0.25, -0.2) is 0 Å². The predicted octanol–water partition coefficient (Wildman–Crippen LogP) is 2.92. The Bertz CT molecular complexity index is 823. The van der Waals surface area contributed by atoms with E-state index in [0.717, 1.165) is 17.7 Å². The first kappa shape index (κ1) is 19.9. The molecule has 0 N–H and O–H groups in total. The van der Waals surface area contributed by atoms with Crippen LogP contribution in [0.15, 0.2) is 48.8 Å². The van der Waals surface area contributed by atoms with Gasteiger partial charge in [0.05, 0.1) is 17.7 Å². The smallest absolute Gasteiger partial charge is 0.227 e. The number of amides is 2. The van der Waals surface area contributed by atoms with Crippen molar-refractivity contribution < 1.29 is 14.3 Å². The van der Waals surface area contributed by atoms with E-state index in [1.54, 1.807) is 29.2 Å². The number of para-hydroxylation sites is 2. The molecule has 3 rings (SSSR count). The average Bonchev–Trinajstić information content (AvgIpc) is 3.07. The van der Waals surface area contributed by atoms with Gasteiger partial charge in [0.1, 0.15) is 5.75 Å². The first-order valence-corrected chi connectivity index (χ1v) is 9.65. The molecule has 0 spiro atoms. The number of carbonyl (C=O) groups is 2. The van der Waals surface area contributed by atoms with Gasteiger partial charge < -0.3 is 14.5 Å². The zero-order valence-corrected chi connectivity index (χ0v) is 16.7. The van der Waals surface area contributed by atoms with E-state index < -0.39 is 0 Å². The Morgan fingerprint density at radius 1 is 1.25 bits per heavy atom. The molecule has 0 bridgehead atoms. The van der Waals surface area contributed by atoms with Crippen LogP contribution in [0.3, 0.4) is 0 Å². The number of likely N-dealkylation sites (N-methyl/N-ethyl adjacent to an activating group) is 1. The summed E-state index contributed by atoms with van der Waals surface area (Å²) in [6, 6.07) is 11.4. The van der Waals surface area contributed by atoms with E-state index in [-0.39, 0.29) is 30.3 Å². The molecule has 1 saturated heterocycles. The Morgan fingerprint density at radius 3 is 2.68 bits per heavy atom. The molecule has 2 heterocycles. The van der Waals surface area contributed by atoms with Gasteiger partial charge in [-0.3, -0.25) is 14.6 Å². The van der Waals surface area contributed by atoms with Crippen LogP contribution in [0.4, 0.5) is 5.69 Å². The summed E-state index contributed by atoms with van der Waals surface area (Å²) in [5, 5.41) is 0. The van der Waals surface area contributed by atoms with Crippen molar-refractivity contribution in [2.24, 2.45) is 5.92 Å². The number of hydrogen-bond acceptors (Lipinski definition) is 4. The van der Waals surface area contributed by atoms with Crippen molar-refractivity contribution in [2.45, 2.75) is 32.8 Å². The molecule has 1 aliphatic heterocycles. The van der Waals surface area contributed by atoms with E-state index in [1.807, 2.05) is 50.2 Å². The van der Waals surface area contributed by atoms with Crippen molar-refractivity contribution >= 4 is 17.5 Å². The van der Waals surface area contributed by atoms with Gasteiger partial charge >= 0.3 is 0 Å². The van der Waals surface area contributed by atoms with E-state index in [0.29, 0.717) is 18.8 Å². The molecule has 1 unspecified atom stereocenters.